The van der Waals surface area contributed by atoms with Crippen molar-refractivity contribution in [2.75, 3.05) is 7.11 Å². The van der Waals surface area contributed by atoms with E-state index in [4.69, 9.17) is 9.47 Å². The van der Waals surface area contributed by atoms with Crippen LogP contribution in [0.2, 0.25) is 0 Å². The molecule has 0 unspecified atom stereocenters. The zero-order valence-electron chi connectivity index (χ0n) is 16.8. The Balaban J connectivity index is 1.43. The van der Waals surface area contributed by atoms with E-state index in [1.165, 1.54) is 25.7 Å². The van der Waals surface area contributed by atoms with Crippen LogP contribution in [0.15, 0.2) is 0 Å². The van der Waals surface area contributed by atoms with E-state index in [2.05, 4.69) is 20.8 Å². The van der Waals surface area contributed by atoms with Gasteiger partial charge in [-0.05, 0) is 91.8 Å². The van der Waals surface area contributed by atoms with Gasteiger partial charge in [0, 0.05) is 10.8 Å². The molecule has 9 aliphatic rings. The van der Waals surface area contributed by atoms with Gasteiger partial charge in [-0.3, -0.25) is 4.79 Å². The van der Waals surface area contributed by atoms with Crippen LogP contribution in [-0.2, 0) is 14.3 Å². The van der Waals surface area contributed by atoms with Gasteiger partial charge in [-0.25, -0.2) is 0 Å². The Morgan fingerprint density at radius 1 is 0.889 bits per heavy atom. The van der Waals surface area contributed by atoms with Crippen molar-refractivity contribution in [3.63, 3.8) is 0 Å². The van der Waals surface area contributed by atoms with Crippen molar-refractivity contribution in [2.45, 2.75) is 57.7 Å². The summed E-state index contributed by atoms with van der Waals surface area (Å²) in [5, 5.41) is 0. The number of carbonyl (C=O) groups is 1. The summed E-state index contributed by atoms with van der Waals surface area (Å²) in [5.41, 5.74) is 0.961. The fraction of sp³-hybridized carbons (Fsp3) is 0.958. The minimum absolute atomic E-state index is 0.131. The lowest BCUT2D eigenvalue weighted by Gasteiger charge is -2.41. The van der Waals surface area contributed by atoms with Crippen LogP contribution in [0.4, 0.5) is 0 Å². The summed E-state index contributed by atoms with van der Waals surface area (Å²) in [7, 11) is 1.64. The van der Waals surface area contributed by atoms with Crippen molar-refractivity contribution in [2.24, 2.45) is 75.4 Å². The average molecular weight is 367 g/mol. The molecule has 8 saturated carbocycles. The number of hydrogen-bond acceptors (Lipinski definition) is 3. The van der Waals surface area contributed by atoms with Crippen LogP contribution in [0.1, 0.15) is 46.5 Å². The predicted octanol–water partition coefficient (Wildman–Crippen LogP) is 3.52. The lowest BCUT2D eigenvalue weighted by atomic mass is 9.60. The first kappa shape index (κ1) is 14.4. The van der Waals surface area contributed by atoms with Gasteiger partial charge in [0.2, 0.25) is 0 Å². The quantitative estimate of drug-likeness (QED) is 0.526. The molecule has 15 atom stereocenters. The number of ether oxygens (including phenoxy) is 2. The minimum atomic E-state index is -0.232. The van der Waals surface area contributed by atoms with Crippen LogP contribution in [-0.4, -0.2) is 24.3 Å². The van der Waals surface area contributed by atoms with Gasteiger partial charge in [0.25, 0.3) is 0 Å². The summed E-state index contributed by atoms with van der Waals surface area (Å²) in [4.78, 5) is 13.4. The maximum atomic E-state index is 13.4. The first-order valence-electron chi connectivity index (χ1n) is 11.6. The highest BCUT2D eigenvalue weighted by atomic mass is 16.6. The van der Waals surface area contributed by atoms with Gasteiger partial charge in [0.15, 0.2) is 0 Å². The lowest BCUT2D eigenvalue weighted by molar-refractivity contribution is -0.160. The SMILES string of the molecule is COC(=O)[C@@]1(C)[C@@H]2[C@H]3CC[C@]4(C)[C@H]3[C@@H]3[C@H]2[C@@H]2[C@@H]1[C@H]1CC[C@]56O[C@@]45[C@@]3(C)[C@@H]2[C@@H]16. The lowest BCUT2D eigenvalue weighted by Crippen LogP contribution is -2.48. The second-order valence-corrected chi connectivity index (χ2v) is 12.9. The number of fused-ring (bicyclic) bond motifs is 2. The Hall–Kier alpha value is -0.570. The number of epoxide rings is 1. The van der Waals surface area contributed by atoms with E-state index < -0.39 is 0 Å². The maximum Gasteiger partial charge on any atom is 0.312 e. The van der Waals surface area contributed by atoms with E-state index in [1.54, 1.807) is 7.11 Å². The summed E-state index contributed by atoms with van der Waals surface area (Å²) in [6, 6.07) is 0. The van der Waals surface area contributed by atoms with E-state index in [0.29, 0.717) is 22.7 Å². The fourth-order valence-corrected chi connectivity index (χ4v) is 14.4. The third kappa shape index (κ3) is 0.821. The van der Waals surface area contributed by atoms with Gasteiger partial charge in [0.1, 0.15) is 11.2 Å². The molecule has 3 nitrogen and oxygen atoms in total. The van der Waals surface area contributed by atoms with Crippen molar-refractivity contribution < 1.29 is 14.3 Å². The molecule has 0 radical (unpaired) electrons. The number of methoxy groups -OCH3 is 1. The molecule has 1 heterocycles. The highest BCUT2D eigenvalue weighted by molar-refractivity contribution is 5.79. The fourth-order valence-electron chi connectivity index (χ4n) is 14.4. The third-order valence-electron chi connectivity index (χ3n) is 13.7. The first-order chi connectivity index (χ1) is 12.9. The van der Waals surface area contributed by atoms with Crippen molar-refractivity contribution in [1.82, 2.24) is 0 Å². The van der Waals surface area contributed by atoms with Crippen LogP contribution in [0.3, 0.4) is 0 Å². The van der Waals surface area contributed by atoms with Gasteiger partial charge < -0.3 is 9.47 Å². The third-order valence-corrected chi connectivity index (χ3v) is 13.7. The molecule has 144 valence electrons. The van der Waals surface area contributed by atoms with Crippen molar-refractivity contribution in [3.05, 3.63) is 0 Å². The van der Waals surface area contributed by atoms with Gasteiger partial charge in [-0.15, -0.1) is 0 Å². The van der Waals surface area contributed by atoms with Crippen LogP contribution >= 0.6 is 0 Å². The van der Waals surface area contributed by atoms with Crippen LogP contribution < -0.4 is 0 Å². The monoisotopic (exact) mass is 366 g/mol. The van der Waals surface area contributed by atoms with Crippen molar-refractivity contribution in [3.8, 4) is 0 Å². The van der Waals surface area contributed by atoms with E-state index in [0.717, 1.165) is 47.3 Å². The van der Waals surface area contributed by atoms with Gasteiger partial charge >= 0.3 is 5.97 Å². The van der Waals surface area contributed by atoms with Crippen LogP contribution in [0.5, 0.6) is 0 Å². The van der Waals surface area contributed by atoms with Gasteiger partial charge in [-0.1, -0.05) is 13.8 Å². The number of esters is 1. The number of hydrogen-bond donors (Lipinski definition) is 0. The molecule has 9 rings (SSSR count). The molecular formula is C24H30O3. The van der Waals surface area contributed by atoms with Crippen LogP contribution in [0, 0.1) is 75.4 Å². The molecule has 0 bridgehead atoms. The molecule has 0 N–H and O–H groups in total. The zero-order chi connectivity index (χ0) is 18.1. The van der Waals surface area contributed by atoms with Crippen molar-refractivity contribution in [1.29, 1.82) is 0 Å². The van der Waals surface area contributed by atoms with Gasteiger partial charge in [-0.2, -0.15) is 0 Å². The van der Waals surface area contributed by atoms with E-state index in [1.807, 2.05) is 0 Å². The average Bonchev–Trinajstić information content (AvgIpc) is 3.21. The molecular weight excluding hydrogens is 336 g/mol. The molecule has 0 amide bonds. The Morgan fingerprint density at radius 2 is 1.52 bits per heavy atom. The van der Waals surface area contributed by atoms with Crippen LogP contribution in [0.25, 0.3) is 0 Å². The smallest absolute Gasteiger partial charge is 0.312 e. The summed E-state index contributed by atoms with van der Waals surface area (Å²) in [5.74, 6) is 7.59. The molecule has 0 aromatic carbocycles. The second kappa shape index (κ2) is 3.24. The molecule has 0 aromatic heterocycles. The van der Waals surface area contributed by atoms with E-state index in [9.17, 15) is 4.79 Å². The Kier molecular flexibility index (Phi) is 1.73. The molecule has 1 saturated heterocycles. The largest absolute Gasteiger partial charge is 0.469 e. The van der Waals surface area contributed by atoms with E-state index >= 15 is 0 Å². The summed E-state index contributed by atoms with van der Waals surface area (Å²) in [6.45, 7) is 7.67. The normalized spacial score (nSPS) is 81.5. The van der Waals surface area contributed by atoms with Crippen molar-refractivity contribution >= 4 is 5.97 Å². The number of carbonyl (C=O) groups excluding carboxylic acids is 1. The molecule has 0 aromatic rings. The molecule has 1 aliphatic heterocycles. The summed E-state index contributed by atoms with van der Waals surface area (Å²) >= 11 is 0. The molecule has 27 heavy (non-hydrogen) atoms. The zero-order valence-corrected chi connectivity index (χ0v) is 16.8. The second-order valence-electron chi connectivity index (χ2n) is 12.9. The Labute approximate surface area is 160 Å². The topological polar surface area (TPSA) is 38.8 Å². The highest BCUT2D eigenvalue weighted by Gasteiger charge is 3.06. The minimum Gasteiger partial charge on any atom is -0.469 e. The predicted molar refractivity (Wildman–Crippen MR) is 96.3 cm³/mol. The molecule has 8 aliphatic carbocycles. The molecule has 3 heteroatoms. The highest BCUT2D eigenvalue weighted by Crippen LogP contribution is 3.02. The van der Waals surface area contributed by atoms with Gasteiger partial charge in [0.05, 0.1) is 12.5 Å². The maximum absolute atomic E-state index is 13.4. The Morgan fingerprint density at radius 3 is 2.22 bits per heavy atom. The Bertz CT molecular complexity index is 898. The first-order valence-corrected chi connectivity index (χ1v) is 11.6. The molecule has 2 spiro atoms. The molecule has 9 fully saturated rings. The summed E-state index contributed by atoms with van der Waals surface area (Å²) < 4.78 is 12.7. The van der Waals surface area contributed by atoms with E-state index in [-0.39, 0.29) is 22.6 Å². The summed E-state index contributed by atoms with van der Waals surface area (Å²) in [6.07, 6.45) is 5.27. The standard InChI is InChI=1S/C24H30O3/c1-20-7-5-9-13-11-12-14(21(13,2)19(25)26-4)10-6-8-23-16(10)18(12)22(3,17(11)15(9)20)24(20,23)27-23/h9-18H,5-8H2,1-4H3/t9-,10-,11+,12-,13-,14+,15-,16-,17+,18+,20-,21+,22-,23-,24-/m1/s1. The number of rotatable bonds is 1.